The van der Waals surface area contributed by atoms with Crippen molar-refractivity contribution in [3.8, 4) is 5.82 Å². The van der Waals surface area contributed by atoms with E-state index in [1.54, 1.807) is 4.68 Å². The number of aromatic nitrogens is 4. The third kappa shape index (κ3) is 2.75. The predicted molar refractivity (Wildman–Crippen MR) is 86.7 cm³/mol. The van der Waals surface area contributed by atoms with Crippen LogP contribution in [0.5, 0.6) is 0 Å². The fourth-order valence-electron chi connectivity index (χ4n) is 2.81. The topological polar surface area (TPSA) is 67.8 Å². The first-order valence-electron chi connectivity index (χ1n) is 7.52. The van der Waals surface area contributed by atoms with E-state index < -0.39 is 0 Å². The Morgan fingerprint density at radius 3 is 2.78 bits per heavy atom. The molecule has 0 amide bonds. The van der Waals surface area contributed by atoms with Crippen molar-refractivity contribution in [2.75, 3.05) is 31.2 Å². The van der Waals surface area contributed by atoms with E-state index in [1.165, 1.54) is 0 Å². The van der Waals surface area contributed by atoms with Crippen molar-refractivity contribution in [2.24, 2.45) is 0 Å². The van der Waals surface area contributed by atoms with Crippen LogP contribution in [-0.4, -0.2) is 66.9 Å². The fourth-order valence-corrected chi connectivity index (χ4v) is 3.02. The number of nitrogens with zero attached hydrogens (tertiary/aromatic N) is 5. The molecule has 0 spiro atoms. The molecule has 3 aromatic rings. The number of anilines is 1. The highest BCUT2D eigenvalue weighted by molar-refractivity contribution is 6.30. The summed E-state index contributed by atoms with van der Waals surface area (Å²) >= 11 is 2.58. The number of morpholine rings is 1. The maximum atomic E-state index is 9.43. The SMILES string of the molecule is OCc1cc2nc(-n3cc[c]([Al])n3)cc(N3CCOCC3)n2c1. The molecule has 1 aliphatic heterocycles. The van der Waals surface area contributed by atoms with E-state index in [4.69, 9.17) is 4.74 Å². The molecule has 1 aliphatic rings. The fraction of sp³-hybridized carbons (Fsp3) is 0.333. The van der Waals surface area contributed by atoms with Crippen molar-refractivity contribution in [1.82, 2.24) is 19.2 Å². The summed E-state index contributed by atoms with van der Waals surface area (Å²) in [5.41, 5.74) is 1.64. The van der Waals surface area contributed by atoms with Crippen molar-refractivity contribution in [3.05, 3.63) is 36.2 Å². The second-order valence-electron chi connectivity index (χ2n) is 5.49. The van der Waals surface area contributed by atoms with Gasteiger partial charge in [-0.2, -0.15) is 5.10 Å². The van der Waals surface area contributed by atoms with E-state index in [-0.39, 0.29) is 6.61 Å². The van der Waals surface area contributed by atoms with E-state index in [1.807, 2.05) is 35.0 Å². The van der Waals surface area contributed by atoms with Crippen molar-refractivity contribution < 1.29 is 9.84 Å². The molecule has 0 unspecified atom stereocenters. The molecule has 0 bridgehead atoms. The molecule has 1 saturated heterocycles. The lowest BCUT2D eigenvalue weighted by molar-refractivity contribution is 0.122. The van der Waals surface area contributed by atoms with Gasteiger partial charge in [0.2, 0.25) is 16.3 Å². The van der Waals surface area contributed by atoms with Gasteiger partial charge in [-0.05, 0) is 22.3 Å². The second kappa shape index (κ2) is 5.98. The van der Waals surface area contributed by atoms with Gasteiger partial charge in [-0.25, -0.2) is 9.67 Å². The Balaban J connectivity index is 1.88. The van der Waals surface area contributed by atoms with Gasteiger partial charge in [0, 0.05) is 31.5 Å². The van der Waals surface area contributed by atoms with E-state index >= 15 is 0 Å². The lowest BCUT2D eigenvalue weighted by Crippen LogP contribution is -2.37. The van der Waals surface area contributed by atoms with Gasteiger partial charge >= 0.3 is 0 Å². The normalized spacial score (nSPS) is 15.4. The summed E-state index contributed by atoms with van der Waals surface area (Å²) in [6.45, 7) is 3.09. The molecule has 116 valence electrons. The van der Waals surface area contributed by atoms with Crippen molar-refractivity contribution >= 4 is 32.3 Å². The third-order valence-electron chi connectivity index (χ3n) is 3.95. The molecule has 2 radical (unpaired) electrons. The molecule has 4 heterocycles. The Morgan fingerprint density at radius 2 is 2.09 bits per heavy atom. The van der Waals surface area contributed by atoms with Crippen LogP contribution in [0.2, 0.25) is 0 Å². The summed E-state index contributed by atoms with van der Waals surface area (Å²) < 4.78 is 10.1. The van der Waals surface area contributed by atoms with Crippen LogP contribution in [0.25, 0.3) is 11.5 Å². The Morgan fingerprint density at radius 1 is 1.26 bits per heavy atom. The summed E-state index contributed by atoms with van der Waals surface area (Å²) in [7, 11) is 0. The first kappa shape index (κ1) is 14.7. The molecule has 3 aromatic heterocycles. The standard InChI is InChI=1S/C15H16N5O2.Al/c21-11-12-8-13-17-14(20-3-1-2-16-20)9-15(19(13)10-12)18-4-6-22-7-5-18;/h1,3,8-10,21H,4-7,11H2;. The van der Waals surface area contributed by atoms with Gasteiger partial charge in [0.15, 0.2) is 5.82 Å². The molecule has 0 aromatic carbocycles. The Hall–Kier alpha value is -1.85. The van der Waals surface area contributed by atoms with Crippen LogP contribution in [0.3, 0.4) is 0 Å². The summed E-state index contributed by atoms with van der Waals surface area (Å²) in [6.07, 6.45) is 3.82. The summed E-state index contributed by atoms with van der Waals surface area (Å²) in [6, 6.07) is 5.84. The predicted octanol–water partition coefficient (Wildman–Crippen LogP) is -0.357. The summed E-state index contributed by atoms with van der Waals surface area (Å²) in [4.78, 5) is 6.94. The molecule has 0 saturated carbocycles. The summed E-state index contributed by atoms with van der Waals surface area (Å²) in [5, 5.41) is 13.9. The minimum Gasteiger partial charge on any atom is -0.392 e. The Bertz CT molecular complexity index is 838. The highest BCUT2D eigenvalue weighted by Crippen LogP contribution is 2.22. The van der Waals surface area contributed by atoms with E-state index in [2.05, 4.69) is 31.3 Å². The van der Waals surface area contributed by atoms with Crippen LogP contribution in [0.15, 0.2) is 30.6 Å². The van der Waals surface area contributed by atoms with Gasteiger partial charge in [0.25, 0.3) is 0 Å². The van der Waals surface area contributed by atoms with Crippen LogP contribution in [0.1, 0.15) is 5.56 Å². The maximum Gasteiger partial charge on any atom is 0.212 e. The Kier molecular flexibility index (Phi) is 3.83. The summed E-state index contributed by atoms with van der Waals surface area (Å²) in [5.74, 6) is 1.80. The largest absolute Gasteiger partial charge is 0.392 e. The lowest BCUT2D eigenvalue weighted by Gasteiger charge is -2.29. The number of hydrogen-bond donors (Lipinski definition) is 1. The molecule has 1 fully saturated rings. The zero-order valence-electron chi connectivity index (χ0n) is 12.6. The molecule has 4 rings (SSSR count). The third-order valence-corrected chi connectivity index (χ3v) is 4.26. The smallest absolute Gasteiger partial charge is 0.212 e. The van der Waals surface area contributed by atoms with Gasteiger partial charge in [0.1, 0.15) is 11.5 Å². The quantitative estimate of drug-likeness (QED) is 0.666. The van der Waals surface area contributed by atoms with Crippen LogP contribution < -0.4 is 9.46 Å². The van der Waals surface area contributed by atoms with Crippen LogP contribution in [-0.2, 0) is 11.3 Å². The molecule has 0 atom stereocenters. The van der Waals surface area contributed by atoms with Crippen molar-refractivity contribution in [1.29, 1.82) is 0 Å². The zero-order valence-corrected chi connectivity index (χ0v) is 13.7. The number of hydrogen-bond acceptors (Lipinski definition) is 5. The average molecular weight is 325 g/mol. The van der Waals surface area contributed by atoms with E-state index in [0.717, 1.165) is 40.5 Å². The van der Waals surface area contributed by atoms with Crippen molar-refractivity contribution in [2.45, 2.75) is 6.61 Å². The number of fused-ring (bicyclic) bond motifs is 1. The first-order chi connectivity index (χ1) is 11.2. The Labute approximate surface area is 141 Å². The second-order valence-corrected chi connectivity index (χ2v) is 6.08. The molecular weight excluding hydrogens is 309 g/mol. The highest BCUT2D eigenvalue weighted by atomic mass is 27.0. The molecule has 8 heteroatoms. The maximum absolute atomic E-state index is 9.43. The van der Waals surface area contributed by atoms with E-state index in [9.17, 15) is 5.11 Å². The minimum atomic E-state index is -0.00123. The number of aliphatic hydroxyl groups excluding tert-OH is 1. The van der Waals surface area contributed by atoms with Gasteiger partial charge in [-0.3, -0.25) is 4.40 Å². The van der Waals surface area contributed by atoms with Gasteiger partial charge < -0.3 is 14.7 Å². The molecule has 7 nitrogen and oxygen atoms in total. The average Bonchev–Trinajstić information content (AvgIpc) is 3.20. The van der Waals surface area contributed by atoms with E-state index in [0.29, 0.717) is 13.2 Å². The molecular formula is C15H16AlN5O2. The van der Waals surface area contributed by atoms with Gasteiger partial charge in [-0.1, -0.05) is 0 Å². The van der Waals surface area contributed by atoms with Gasteiger partial charge in [0.05, 0.1) is 19.8 Å². The minimum absolute atomic E-state index is 0.00123. The van der Waals surface area contributed by atoms with Crippen LogP contribution in [0, 0.1) is 0 Å². The van der Waals surface area contributed by atoms with Gasteiger partial charge in [-0.15, -0.1) is 0 Å². The lowest BCUT2D eigenvalue weighted by atomic mass is 10.4. The number of aliphatic hydroxyl groups is 1. The van der Waals surface area contributed by atoms with Crippen molar-refractivity contribution in [3.63, 3.8) is 0 Å². The highest BCUT2D eigenvalue weighted by Gasteiger charge is 2.17. The van der Waals surface area contributed by atoms with Crippen LogP contribution in [0.4, 0.5) is 5.82 Å². The monoisotopic (exact) mass is 325 g/mol. The molecule has 1 N–H and O–H groups in total. The van der Waals surface area contributed by atoms with Crippen LogP contribution >= 0.6 is 0 Å². The molecule has 0 aliphatic carbocycles. The number of ether oxygens (including phenoxy) is 1. The molecule has 23 heavy (non-hydrogen) atoms. The number of rotatable bonds is 3. The zero-order chi connectivity index (χ0) is 15.8. The first-order valence-corrected chi connectivity index (χ1v) is 8.09.